The summed E-state index contributed by atoms with van der Waals surface area (Å²) in [5.41, 5.74) is 0.206. The van der Waals surface area contributed by atoms with Crippen LogP contribution in [0.4, 0.5) is 5.69 Å². The Kier molecular flexibility index (Phi) is 8.99. The molecular weight excluding hydrogens is 392 g/mol. The van der Waals surface area contributed by atoms with Crippen LogP contribution in [0.15, 0.2) is 52.8 Å². The Morgan fingerprint density at radius 1 is 1.00 bits per heavy atom. The molecule has 25 heavy (non-hydrogen) atoms. The van der Waals surface area contributed by atoms with Gasteiger partial charge in [0.2, 0.25) is 5.91 Å². The summed E-state index contributed by atoms with van der Waals surface area (Å²) in [6, 6.07) is 5.23. The van der Waals surface area contributed by atoms with Crippen LogP contribution < -0.4 is 64.4 Å². The van der Waals surface area contributed by atoms with E-state index in [1.807, 2.05) is 0 Å². The van der Waals surface area contributed by atoms with Gasteiger partial charge in [-0.3, -0.25) is 4.79 Å². The van der Waals surface area contributed by atoms with Crippen LogP contribution >= 0.6 is 0 Å². The largest absolute Gasteiger partial charge is 1.00 e. The van der Waals surface area contributed by atoms with Crippen molar-refractivity contribution in [3.63, 3.8) is 0 Å². The summed E-state index contributed by atoms with van der Waals surface area (Å²) in [6.07, 6.45) is 0.996. The molecule has 0 spiro atoms. The first kappa shape index (κ1) is 24.7. The molecule has 0 bridgehead atoms. The molecule has 0 aliphatic carbocycles. The third kappa shape index (κ3) is 6.14. The summed E-state index contributed by atoms with van der Waals surface area (Å²) in [5, 5.41) is 2.32. The number of carbonyl (C=O) groups is 1. The molecule has 2 aromatic rings. The van der Waals surface area contributed by atoms with E-state index in [9.17, 15) is 30.7 Å². The number of benzene rings is 2. The maximum Gasteiger partial charge on any atom is 1.00 e. The first-order chi connectivity index (χ1) is 10.5. The fourth-order valence-corrected chi connectivity index (χ4v) is 3.27. The van der Waals surface area contributed by atoms with Gasteiger partial charge in [-0.2, -0.15) is 0 Å². The number of nitrogens with one attached hydrogen (secondary N) is 1. The van der Waals surface area contributed by atoms with Crippen molar-refractivity contribution in [2.24, 2.45) is 0 Å². The predicted octanol–water partition coefficient (Wildman–Crippen LogP) is -5.22. The van der Waals surface area contributed by atoms with E-state index in [4.69, 9.17) is 0 Å². The number of anilines is 1. The Bertz CT molecular complexity index is 1030. The summed E-state index contributed by atoms with van der Waals surface area (Å²) >= 11 is 0. The molecule has 0 aliphatic rings. The molecular formula is C13H9NNa2O7S2. The summed E-state index contributed by atoms with van der Waals surface area (Å²) in [5.74, 6) is -0.548. The molecule has 0 aliphatic heterocycles. The SMILES string of the molecule is C=CC(=O)Nc1ccc2c(S(=O)(=O)[O-])cc(S(=O)(=O)[O-])cc2c1.[Na+].[Na+]. The van der Waals surface area contributed by atoms with Crippen LogP contribution in [0.3, 0.4) is 0 Å². The minimum atomic E-state index is -5.01. The van der Waals surface area contributed by atoms with Crippen molar-refractivity contribution in [2.45, 2.75) is 9.79 Å². The topological polar surface area (TPSA) is 144 Å². The van der Waals surface area contributed by atoms with Gasteiger partial charge in [0.25, 0.3) is 0 Å². The van der Waals surface area contributed by atoms with Crippen molar-refractivity contribution in [1.82, 2.24) is 0 Å². The summed E-state index contributed by atoms with van der Waals surface area (Å²) in [7, 11) is -9.98. The minimum Gasteiger partial charge on any atom is -0.744 e. The molecule has 0 atom stereocenters. The molecule has 1 amide bonds. The van der Waals surface area contributed by atoms with Gasteiger partial charge in [0.1, 0.15) is 20.2 Å². The van der Waals surface area contributed by atoms with E-state index >= 15 is 0 Å². The van der Waals surface area contributed by atoms with Crippen LogP contribution in [-0.4, -0.2) is 31.8 Å². The van der Waals surface area contributed by atoms with Crippen LogP contribution in [0, 0.1) is 0 Å². The molecule has 0 aromatic heterocycles. The van der Waals surface area contributed by atoms with Crippen LogP contribution in [0.5, 0.6) is 0 Å². The van der Waals surface area contributed by atoms with Crippen LogP contribution in [0.2, 0.25) is 0 Å². The molecule has 2 aromatic carbocycles. The van der Waals surface area contributed by atoms with Crippen molar-refractivity contribution in [3.05, 3.63) is 43.0 Å². The van der Waals surface area contributed by atoms with Gasteiger partial charge in [-0.15, -0.1) is 0 Å². The molecule has 0 saturated heterocycles. The van der Waals surface area contributed by atoms with E-state index < -0.39 is 35.9 Å². The van der Waals surface area contributed by atoms with Crippen LogP contribution in [0.25, 0.3) is 10.8 Å². The second-order valence-electron chi connectivity index (χ2n) is 4.46. The Hall–Kier alpha value is -0.270. The minimum absolute atomic E-state index is 0. The zero-order valence-electron chi connectivity index (χ0n) is 13.3. The van der Waals surface area contributed by atoms with E-state index in [1.54, 1.807) is 0 Å². The maximum atomic E-state index is 11.3. The fraction of sp³-hybridized carbons (Fsp3) is 0. The second-order valence-corrected chi connectivity index (χ2v) is 7.19. The first-order valence-electron chi connectivity index (χ1n) is 5.95. The summed E-state index contributed by atoms with van der Waals surface area (Å²) in [4.78, 5) is 9.57. The normalized spacial score (nSPS) is 11.1. The van der Waals surface area contributed by atoms with E-state index in [0.717, 1.165) is 12.1 Å². The third-order valence-electron chi connectivity index (χ3n) is 2.90. The standard InChI is InChI=1S/C13H11NO7S2.2Na/c1-2-13(15)14-9-3-4-11-8(5-9)6-10(22(16,17)18)7-12(11)23(19,20)21;;/h2-7H,1H2,(H,14,15)(H,16,17,18)(H,19,20,21);;/q;2*+1/p-2. The van der Waals surface area contributed by atoms with Gasteiger partial charge >= 0.3 is 59.1 Å². The Balaban J connectivity index is 0.00000288. The van der Waals surface area contributed by atoms with Crippen molar-refractivity contribution < 1.29 is 89.9 Å². The van der Waals surface area contributed by atoms with Gasteiger partial charge in [0, 0.05) is 5.69 Å². The van der Waals surface area contributed by atoms with E-state index in [2.05, 4.69) is 11.9 Å². The van der Waals surface area contributed by atoms with Gasteiger partial charge in [0.05, 0.1) is 9.79 Å². The third-order valence-corrected chi connectivity index (χ3v) is 4.59. The molecule has 0 radical (unpaired) electrons. The summed E-state index contributed by atoms with van der Waals surface area (Å²) < 4.78 is 67.3. The molecule has 0 heterocycles. The Morgan fingerprint density at radius 2 is 1.60 bits per heavy atom. The van der Waals surface area contributed by atoms with E-state index in [1.165, 1.54) is 18.2 Å². The molecule has 12 heteroatoms. The number of amides is 1. The molecule has 122 valence electrons. The van der Waals surface area contributed by atoms with Crippen LogP contribution in [-0.2, 0) is 25.0 Å². The molecule has 0 unspecified atom stereocenters. The maximum absolute atomic E-state index is 11.3. The van der Waals surface area contributed by atoms with Crippen molar-refractivity contribution in [3.8, 4) is 0 Å². The average molecular weight is 401 g/mol. The molecule has 0 fully saturated rings. The Labute approximate surface area is 188 Å². The van der Waals surface area contributed by atoms with E-state index in [0.29, 0.717) is 6.07 Å². The van der Waals surface area contributed by atoms with Crippen molar-refractivity contribution in [2.75, 3.05) is 5.32 Å². The second kappa shape index (κ2) is 9.09. The number of fused-ring (bicyclic) bond motifs is 1. The van der Waals surface area contributed by atoms with Gasteiger partial charge in [-0.05, 0) is 41.1 Å². The molecule has 8 nitrogen and oxygen atoms in total. The van der Waals surface area contributed by atoms with E-state index in [-0.39, 0.29) is 75.6 Å². The zero-order chi connectivity index (χ0) is 17.4. The van der Waals surface area contributed by atoms with Crippen molar-refractivity contribution >= 4 is 42.6 Å². The number of hydrogen-bond acceptors (Lipinski definition) is 7. The summed E-state index contributed by atoms with van der Waals surface area (Å²) in [6.45, 7) is 3.26. The number of carbonyl (C=O) groups excluding carboxylic acids is 1. The first-order valence-corrected chi connectivity index (χ1v) is 8.77. The van der Waals surface area contributed by atoms with Crippen LogP contribution in [0.1, 0.15) is 0 Å². The smallest absolute Gasteiger partial charge is 0.744 e. The Morgan fingerprint density at radius 3 is 2.08 bits per heavy atom. The number of rotatable bonds is 4. The quantitative estimate of drug-likeness (QED) is 0.306. The van der Waals surface area contributed by atoms with Gasteiger partial charge < -0.3 is 14.4 Å². The fourth-order valence-electron chi connectivity index (χ4n) is 1.93. The van der Waals surface area contributed by atoms with Crippen molar-refractivity contribution in [1.29, 1.82) is 0 Å². The number of hydrogen-bond donors (Lipinski definition) is 1. The van der Waals surface area contributed by atoms with Gasteiger partial charge in [-0.25, -0.2) is 16.8 Å². The molecule has 2 rings (SSSR count). The van der Waals surface area contributed by atoms with Gasteiger partial charge in [0.15, 0.2) is 0 Å². The monoisotopic (exact) mass is 401 g/mol. The molecule has 1 N–H and O–H groups in total. The predicted molar refractivity (Wildman–Crippen MR) is 78.7 cm³/mol. The molecule has 0 saturated carbocycles. The average Bonchev–Trinajstić information content (AvgIpc) is 2.43. The zero-order valence-corrected chi connectivity index (χ0v) is 19.0. The van der Waals surface area contributed by atoms with Gasteiger partial charge in [-0.1, -0.05) is 12.6 Å².